The fourth-order valence-electron chi connectivity index (χ4n) is 1.80. The number of thiocarbonyl (C=S) groups is 1. The molecule has 4 nitrogen and oxygen atoms in total. The summed E-state index contributed by atoms with van der Waals surface area (Å²) in [5, 5.41) is 6.49. The molecule has 102 valence electrons. The van der Waals surface area contributed by atoms with Gasteiger partial charge in [0.25, 0.3) is 5.91 Å². The van der Waals surface area contributed by atoms with Gasteiger partial charge in [-0.1, -0.05) is 30.3 Å². The molecule has 0 saturated carbocycles. The van der Waals surface area contributed by atoms with Crippen LogP contribution < -0.4 is 16.4 Å². The fourth-order valence-corrected chi connectivity index (χ4v) is 2.02. The Morgan fingerprint density at radius 1 is 1.00 bits per heavy atom. The highest BCUT2D eigenvalue weighted by atomic mass is 32.1. The van der Waals surface area contributed by atoms with E-state index in [0.29, 0.717) is 16.4 Å². The first-order valence-corrected chi connectivity index (χ1v) is 6.51. The quantitative estimate of drug-likeness (QED) is 0.759. The molecule has 2 aromatic carbocycles. The van der Waals surface area contributed by atoms with Gasteiger partial charge in [-0.05, 0) is 42.9 Å². The molecule has 0 aliphatic heterocycles. The van der Waals surface area contributed by atoms with Crippen molar-refractivity contribution in [3.63, 3.8) is 0 Å². The minimum atomic E-state index is -0.494. The first kappa shape index (κ1) is 14.0. The van der Waals surface area contributed by atoms with E-state index in [-0.39, 0.29) is 0 Å². The number of hydrogen-bond donors (Lipinski definition) is 3. The van der Waals surface area contributed by atoms with E-state index in [4.69, 9.17) is 18.0 Å². The topological polar surface area (TPSA) is 67.2 Å². The predicted octanol–water partition coefficient (Wildman–Crippen LogP) is 2.90. The van der Waals surface area contributed by atoms with E-state index in [1.54, 1.807) is 18.2 Å². The highest BCUT2D eigenvalue weighted by molar-refractivity contribution is 7.80. The Balaban J connectivity index is 2.13. The van der Waals surface area contributed by atoms with Crippen molar-refractivity contribution in [2.24, 2.45) is 5.73 Å². The lowest BCUT2D eigenvalue weighted by atomic mass is 10.1. The Kier molecular flexibility index (Phi) is 4.32. The number of benzene rings is 2. The number of nitrogens with two attached hydrogens (primary N) is 1. The number of primary amides is 1. The van der Waals surface area contributed by atoms with Gasteiger partial charge in [-0.2, -0.15) is 0 Å². The van der Waals surface area contributed by atoms with E-state index in [2.05, 4.69) is 10.6 Å². The lowest BCUT2D eigenvalue weighted by Gasteiger charge is -2.14. The first-order chi connectivity index (χ1) is 9.58. The van der Waals surface area contributed by atoms with Crippen LogP contribution in [0.2, 0.25) is 0 Å². The Hall–Kier alpha value is -2.40. The monoisotopic (exact) mass is 285 g/mol. The summed E-state index contributed by atoms with van der Waals surface area (Å²) in [7, 11) is 0. The molecule has 0 radical (unpaired) electrons. The molecule has 5 heteroatoms. The van der Waals surface area contributed by atoms with Crippen LogP contribution in [-0.2, 0) is 0 Å². The van der Waals surface area contributed by atoms with Crippen molar-refractivity contribution in [1.29, 1.82) is 0 Å². The van der Waals surface area contributed by atoms with Gasteiger partial charge < -0.3 is 16.4 Å². The first-order valence-electron chi connectivity index (χ1n) is 6.10. The van der Waals surface area contributed by atoms with Crippen LogP contribution in [0.4, 0.5) is 11.4 Å². The summed E-state index contributed by atoms with van der Waals surface area (Å²) in [6.07, 6.45) is 0. The van der Waals surface area contributed by atoms with Crippen LogP contribution >= 0.6 is 12.2 Å². The van der Waals surface area contributed by atoms with Crippen LogP contribution in [0.25, 0.3) is 0 Å². The predicted molar refractivity (Wildman–Crippen MR) is 86.0 cm³/mol. The number of carbonyl (C=O) groups excluding carboxylic acids is 1. The molecule has 0 atom stereocenters. The maximum Gasteiger partial charge on any atom is 0.250 e. The van der Waals surface area contributed by atoms with Crippen LogP contribution in [0.3, 0.4) is 0 Å². The number of aryl methyl sites for hydroxylation is 1. The molecule has 0 heterocycles. The zero-order valence-electron chi connectivity index (χ0n) is 11.0. The molecule has 0 aromatic heterocycles. The number of nitrogens with one attached hydrogen (secondary N) is 2. The second-order valence-corrected chi connectivity index (χ2v) is 4.71. The Labute approximate surface area is 123 Å². The molecule has 4 N–H and O–H groups in total. The molecule has 1 amide bonds. The number of carbonyl (C=O) groups is 1. The Bertz CT molecular complexity index is 655. The highest BCUT2D eigenvalue weighted by Gasteiger charge is 2.08. The molecular weight excluding hydrogens is 270 g/mol. The number of rotatable bonds is 3. The highest BCUT2D eigenvalue weighted by Crippen LogP contribution is 2.17. The molecule has 20 heavy (non-hydrogen) atoms. The molecule has 0 fully saturated rings. The molecule has 0 aliphatic carbocycles. The molecule has 0 saturated heterocycles. The van der Waals surface area contributed by atoms with Gasteiger partial charge in [-0.3, -0.25) is 4.79 Å². The smallest absolute Gasteiger partial charge is 0.250 e. The zero-order valence-corrected chi connectivity index (χ0v) is 11.8. The minimum Gasteiger partial charge on any atom is -0.366 e. The minimum absolute atomic E-state index is 0.404. The fraction of sp³-hybridized carbons (Fsp3) is 0.0667. The maximum atomic E-state index is 11.3. The average molecular weight is 285 g/mol. The van der Waals surface area contributed by atoms with E-state index >= 15 is 0 Å². The van der Waals surface area contributed by atoms with Crippen LogP contribution in [0.1, 0.15) is 15.9 Å². The van der Waals surface area contributed by atoms with Crippen LogP contribution in [0, 0.1) is 6.92 Å². The van der Waals surface area contributed by atoms with Crippen molar-refractivity contribution in [1.82, 2.24) is 0 Å². The summed E-state index contributed by atoms with van der Waals surface area (Å²) >= 11 is 5.25. The van der Waals surface area contributed by atoms with Crippen molar-refractivity contribution in [2.45, 2.75) is 6.92 Å². The largest absolute Gasteiger partial charge is 0.366 e. The summed E-state index contributed by atoms with van der Waals surface area (Å²) in [4.78, 5) is 11.3. The summed E-state index contributed by atoms with van der Waals surface area (Å²) in [6.45, 7) is 1.99. The second kappa shape index (κ2) is 6.16. The van der Waals surface area contributed by atoms with Gasteiger partial charge in [0, 0.05) is 5.69 Å². The van der Waals surface area contributed by atoms with Crippen molar-refractivity contribution in [2.75, 3.05) is 10.6 Å². The van der Waals surface area contributed by atoms with E-state index < -0.39 is 5.91 Å². The third-order valence-corrected chi connectivity index (χ3v) is 3.04. The normalized spacial score (nSPS) is 9.85. The standard InChI is InChI=1S/C15H15N3OS/c1-10-6-2-4-8-12(10)17-15(20)18-13-9-5-3-7-11(13)14(16)19/h2-9H,1H3,(H2,16,19)(H2,17,18,20). The van der Waals surface area contributed by atoms with E-state index in [1.165, 1.54) is 0 Å². The van der Waals surface area contributed by atoms with E-state index in [9.17, 15) is 4.79 Å². The van der Waals surface area contributed by atoms with E-state index in [0.717, 1.165) is 11.3 Å². The number of para-hydroxylation sites is 2. The van der Waals surface area contributed by atoms with Crippen LogP contribution in [0.15, 0.2) is 48.5 Å². The molecule has 2 aromatic rings. The lowest BCUT2D eigenvalue weighted by molar-refractivity contribution is 0.100. The average Bonchev–Trinajstić information content (AvgIpc) is 2.41. The van der Waals surface area contributed by atoms with Gasteiger partial charge >= 0.3 is 0 Å². The Morgan fingerprint density at radius 2 is 1.55 bits per heavy atom. The molecule has 0 spiro atoms. The van der Waals surface area contributed by atoms with Gasteiger partial charge in [0.15, 0.2) is 5.11 Å². The van der Waals surface area contributed by atoms with Crippen molar-refractivity contribution < 1.29 is 4.79 Å². The summed E-state index contributed by atoms with van der Waals surface area (Å²) in [5.74, 6) is -0.494. The van der Waals surface area contributed by atoms with Crippen molar-refractivity contribution in [3.05, 3.63) is 59.7 Å². The van der Waals surface area contributed by atoms with Gasteiger partial charge in [0.05, 0.1) is 11.3 Å². The number of amides is 1. The van der Waals surface area contributed by atoms with E-state index in [1.807, 2.05) is 37.3 Å². The Morgan fingerprint density at radius 3 is 2.20 bits per heavy atom. The number of anilines is 2. The second-order valence-electron chi connectivity index (χ2n) is 4.30. The van der Waals surface area contributed by atoms with Crippen molar-refractivity contribution in [3.8, 4) is 0 Å². The van der Waals surface area contributed by atoms with Crippen LogP contribution in [0.5, 0.6) is 0 Å². The third kappa shape index (κ3) is 3.33. The molecule has 2 rings (SSSR count). The van der Waals surface area contributed by atoms with Gasteiger partial charge in [0.2, 0.25) is 0 Å². The van der Waals surface area contributed by atoms with Gasteiger partial charge in [0.1, 0.15) is 0 Å². The van der Waals surface area contributed by atoms with Gasteiger partial charge in [-0.15, -0.1) is 0 Å². The SMILES string of the molecule is Cc1ccccc1NC(=S)Nc1ccccc1C(N)=O. The maximum absolute atomic E-state index is 11.3. The molecule has 0 bridgehead atoms. The summed E-state index contributed by atoms with van der Waals surface area (Å²) in [5.41, 5.74) is 8.32. The molecule has 0 unspecified atom stereocenters. The van der Waals surface area contributed by atoms with Crippen LogP contribution in [-0.4, -0.2) is 11.0 Å². The zero-order chi connectivity index (χ0) is 14.5. The van der Waals surface area contributed by atoms with Crippen molar-refractivity contribution >= 4 is 34.6 Å². The lowest BCUT2D eigenvalue weighted by Crippen LogP contribution is -2.22. The third-order valence-electron chi connectivity index (χ3n) is 2.83. The molecule has 0 aliphatic rings. The van der Waals surface area contributed by atoms with Gasteiger partial charge in [-0.25, -0.2) is 0 Å². The number of hydrogen-bond acceptors (Lipinski definition) is 2. The summed E-state index contributed by atoms with van der Waals surface area (Å²) < 4.78 is 0. The molecular formula is C15H15N3OS. The summed E-state index contributed by atoms with van der Waals surface area (Å²) in [6, 6.07) is 14.8.